The molecule has 0 saturated heterocycles. The molecule has 0 aliphatic heterocycles. The summed E-state index contributed by atoms with van der Waals surface area (Å²) in [4.78, 5) is 0. The Balaban J connectivity index is 2.05. The van der Waals surface area contributed by atoms with Crippen LogP contribution in [0.1, 0.15) is 0 Å². The summed E-state index contributed by atoms with van der Waals surface area (Å²) in [5, 5.41) is 4.29. The Morgan fingerprint density at radius 3 is 1.59 bits per heavy atom. The molecule has 0 aromatic heterocycles. The minimum Gasteiger partial charge on any atom is -0.399 e. The van der Waals surface area contributed by atoms with Crippen molar-refractivity contribution in [3.63, 3.8) is 0 Å². The number of benzene rings is 3. The van der Waals surface area contributed by atoms with Crippen molar-refractivity contribution < 1.29 is 0 Å². The van der Waals surface area contributed by atoms with Gasteiger partial charge in [0.05, 0.1) is 17.1 Å². The lowest BCUT2D eigenvalue weighted by atomic mass is 10.2. The molecule has 0 radical (unpaired) electrons. The van der Waals surface area contributed by atoms with Gasteiger partial charge in [0.15, 0.2) is 0 Å². The highest BCUT2D eigenvalue weighted by Crippen LogP contribution is 2.30. The van der Waals surface area contributed by atoms with Crippen molar-refractivity contribution >= 4 is 22.7 Å². The Bertz CT molecular complexity index is 709. The van der Waals surface area contributed by atoms with Gasteiger partial charge >= 0.3 is 0 Å². The maximum Gasteiger partial charge on any atom is 0.0634 e. The molecule has 0 aliphatic rings. The second-order valence-corrected chi connectivity index (χ2v) is 5.10. The van der Waals surface area contributed by atoms with Crippen LogP contribution in [0.15, 0.2) is 84.9 Å². The van der Waals surface area contributed by atoms with Gasteiger partial charge in [0.1, 0.15) is 0 Å². The largest absolute Gasteiger partial charge is 0.399 e. The first-order valence-electron chi connectivity index (χ1n) is 7.25. The van der Waals surface area contributed by atoms with E-state index in [1.165, 1.54) is 0 Å². The number of nitrogen functional groups attached to an aromatic ring is 1. The van der Waals surface area contributed by atoms with Crippen LogP contribution in [0, 0.1) is 0 Å². The van der Waals surface area contributed by atoms with Crippen molar-refractivity contribution in [3.8, 4) is 0 Å². The van der Waals surface area contributed by atoms with Gasteiger partial charge in [0.25, 0.3) is 0 Å². The summed E-state index contributed by atoms with van der Waals surface area (Å²) in [5.41, 5.74) is 9.86. The summed E-state index contributed by atoms with van der Waals surface area (Å²) in [6.45, 7) is 0. The van der Waals surface area contributed by atoms with Gasteiger partial charge in [-0.15, -0.1) is 0 Å². The summed E-state index contributed by atoms with van der Waals surface area (Å²) in [6.07, 6.45) is 0. The topological polar surface area (TPSA) is 32.5 Å². The molecule has 3 rings (SSSR count). The SMILES string of the molecule is CN(c1ccccc1)N(c1ccccc1)c1ccc(N)cc1. The molecule has 3 aromatic carbocycles. The normalized spacial score (nSPS) is 10.2. The quantitative estimate of drug-likeness (QED) is 0.568. The summed E-state index contributed by atoms with van der Waals surface area (Å²) >= 11 is 0. The standard InChI is InChI=1S/C19H19N3/c1-21(17-8-4-2-5-9-17)22(18-10-6-3-7-11-18)19-14-12-16(20)13-15-19/h2-15H,20H2,1H3. The number of hydrogen-bond acceptors (Lipinski definition) is 3. The van der Waals surface area contributed by atoms with Crippen molar-refractivity contribution in [1.29, 1.82) is 0 Å². The van der Waals surface area contributed by atoms with Crippen LogP contribution < -0.4 is 15.8 Å². The van der Waals surface area contributed by atoms with Crippen LogP contribution in [0.2, 0.25) is 0 Å². The fraction of sp³-hybridized carbons (Fsp3) is 0.0526. The Morgan fingerprint density at radius 2 is 1.05 bits per heavy atom. The van der Waals surface area contributed by atoms with Gasteiger partial charge in [-0.2, -0.15) is 0 Å². The monoisotopic (exact) mass is 289 g/mol. The average Bonchev–Trinajstić information content (AvgIpc) is 2.58. The smallest absolute Gasteiger partial charge is 0.0634 e. The number of hydrogen-bond donors (Lipinski definition) is 1. The van der Waals surface area contributed by atoms with Crippen molar-refractivity contribution in [1.82, 2.24) is 0 Å². The second-order valence-electron chi connectivity index (χ2n) is 5.10. The summed E-state index contributed by atoms with van der Waals surface area (Å²) < 4.78 is 0. The van der Waals surface area contributed by atoms with E-state index >= 15 is 0 Å². The highest BCUT2D eigenvalue weighted by Gasteiger charge is 2.15. The van der Waals surface area contributed by atoms with E-state index in [4.69, 9.17) is 5.73 Å². The summed E-state index contributed by atoms with van der Waals surface area (Å²) in [5.74, 6) is 0. The number of hydrazine groups is 1. The molecule has 3 nitrogen and oxygen atoms in total. The second kappa shape index (κ2) is 6.22. The number of rotatable bonds is 4. The van der Waals surface area contributed by atoms with Crippen LogP contribution in [0.25, 0.3) is 0 Å². The molecule has 0 fully saturated rings. The van der Waals surface area contributed by atoms with Crippen LogP contribution in [0.4, 0.5) is 22.7 Å². The molecule has 3 heteroatoms. The maximum atomic E-state index is 5.82. The maximum absolute atomic E-state index is 5.82. The minimum absolute atomic E-state index is 0.763. The highest BCUT2D eigenvalue weighted by atomic mass is 15.6. The highest BCUT2D eigenvalue weighted by molar-refractivity contribution is 5.70. The Morgan fingerprint density at radius 1 is 0.591 bits per heavy atom. The Labute approximate surface area is 131 Å². The molecule has 0 amide bonds. The van der Waals surface area contributed by atoms with Gasteiger partial charge in [0, 0.05) is 12.7 Å². The Kier molecular flexibility index (Phi) is 3.97. The third-order valence-corrected chi connectivity index (χ3v) is 3.57. The van der Waals surface area contributed by atoms with Crippen LogP contribution in [0.3, 0.4) is 0 Å². The van der Waals surface area contributed by atoms with Crippen LogP contribution in [0.5, 0.6) is 0 Å². The fourth-order valence-corrected chi connectivity index (χ4v) is 2.44. The van der Waals surface area contributed by atoms with Crippen LogP contribution >= 0.6 is 0 Å². The predicted molar refractivity (Wildman–Crippen MR) is 94.3 cm³/mol. The van der Waals surface area contributed by atoms with Crippen molar-refractivity contribution in [2.75, 3.05) is 22.8 Å². The molecule has 22 heavy (non-hydrogen) atoms. The third-order valence-electron chi connectivity index (χ3n) is 3.57. The lowest BCUT2D eigenvalue weighted by molar-refractivity contribution is 0.938. The first-order valence-corrected chi connectivity index (χ1v) is 7.25. The molecule has 3 aromatic rings. The lowest BCUT2D eigenvalue weighted by Crippen LogP contribution is -2.36. The lowest BCUT2D eigenvalue weighted by Gasteiger charge is -2.35. The molecular formula is C19H19N3. The predicted octanol–water partition coefficient (Wildman–Crippen LogP) is 4.46. The number of nitrogens with two attached hydrogens (primary N) is 1. The molecule has 0 atom stereocenters. The average molecular weight is 289 g/mol. The van der Waals surface area contributed by atoms with Gasteiger partial charge < -0.3 is 5.73 Å². The van der Waals surface area contributed by atoms with Crippen molar-refractivity contribution in [3.05, 3.63) is 84.9 Å². The number of nitrogens with zero attached hydrogens (tertiary/aromatic N) is 2. The molecule has 0 spiro atoms. The molecule has 0 saturated carbocycles. The van der Waals surface area contributed by atoms with E-state index < -0.39 is 0 Å². The first-order chi connectivity index (χ1) is 10.8. The van der Waals surface area contributed by atoms with Crippen molar-refractivity contribution in [2.24, 2.45) is 0 Å². The summed E-state index contributed by atoms with van der Waals surface area (Å²) in [6, 6.07) is 28.5. The van der Waals surface area contributed by atoms with E-state index in [0.29, 0.717) is 0 Å². The first kappa shape index (κ1) is 14.0. The van der Waals surface area contributed by atoms with Crippen molar-refractivity contribution in [2.45, 2.75) is 0 Å². The zero-order valence-electron chi connectivity index (χ0n) is 12.6. The van der Waals surface area contributed by atoms with Crippen LogP contribution in [-0.2, 0) is 0 Å². The van der Waals surface area contributed by atoms with E-state index in [9.17, 15) is 0 Å². The molecule has 110 valence electrons. The van der Waals surface area contributed by atoms with Gasteiger partial charge in [-0.1, -0.05) is 36.4 Å². The number of para-hydroxylation sites is 2. The molecule has 2 N–H and O–H groups in total. The van der Waals surface area contributed by atoms with Gasteiger partial charge in [-0.3, -0.25) is 10.0 Å². The molecule has 0 aliphatic carbocycles. The van der Waals surface area contributed by atoms with Gasteiger partial charge in [-0.05, 0) is 48.5 Å². The minimum atomic E-state index is 0.763. The zero-order valence-corrected chi connectivity index (χ0v) is 12.6. The van der Waals surface area contributed by atoms with E-state index in [2.05, 4.69) is 41.3 Å². The number of anilines is 4. The van der Waals surface area contributed by atoms with E-state index in [0.717, 1.165) is 22.7 Å². The molecular weight excluding hydrogens is 270 g/mol. The molecule has 0 heterocycles. The van der Waals surface area contributed by atoms with E-state index in [1.807, 2.05) is 60.7 Å². The van der Waals surface area contributed by atoms with E-state index in [-0.39, 0.29) is 0 Å². The van der Waals surface area contributed by atoms with Crippen LogP contribution in [-0.4, -0.2) is 7.05 Å². The molecule has 0 unspecified atom stereocenters. The summed E-state index contributed by atoms with van der Waals surface area (Å²) in [7, 11) is 2.05. The van der Waals surface area contributed by atoms with Gasteiger partial charge in [0.2, 0.25) is 0 Å². The molecule has 0 bridgehead atoms. The Hall–Kier alpha value is -2.94. The zero-order chi connectivity index (χ0) is 15.4. The van der Waals surface area contributed by atoms with E-state index in [1.54, 1.807) is 0 Å². The van der Waals surface area contributed by atoms with Gasteiger partial charge in [-0.25, -0.2) is 0 Å². The fourth-order valence-electron chi connectivity index (χ4n) is 2.44. The third kappa shape index (κ3) is 2.88.